The Kier molecular flexibility index (Phi) is 4.24. The van der Waals surface area contributed by atoms with Crippen molar-refractivity contribution in [3.8, 4) is 22.9 Å². The van der Waals surface area contributed by atoms with Gasteiger partial charge in [-0.3, -0.25) is 0 Å². The maximum atomic E-state index is 11.8. The van der Waals surface area contributed by atoms with Crippen LogP contribution in [0.1, 0.15) is 21.7 Å². The van der Waals surface area contributed by atoms with Crippen molar-refractivity contribution in [1.29, 1.82) is 0 Å². The molecule has 0 unspecified atom stereocenters. The Bertz CT molecular complexity index is 872. The molecular formula is C19H16N2O3. The lowest BCUT2D eigenvalue weighted by atomic mass is 9.99. The van der Waals surface area contributed by atoms with E-state index < -0.39 is 5.97 Å². The minimum absolute atomic E-state index is 0.0893. The van der Waals surface area contributed by atoms with Crippen LogP contribution in [0.4, 0.5) is 0 Å². The maximum Gasteiger partial charge on any atom is 0.340 e. The molecule has 3 rings (SSSR count). The van der Waals surface area contributed by atoms with Crippen molar-refractivity contribution < 1.29 is 14.6 Å². The van der Waals surface area contributed by atoms with Crippen LogP contribution in [0.2, 0.25) is 0 Å². The van der Waals surface area contributed by atoms with Gasteiger partial charge in [-0.25, -0.2) is 14.8 Å². The number of hydrogen-bond donors (Lipinski definition) is 1. The monoisotopic (exact) mass is 320 g/mol. The molecule has 0 spiro atoms. The van der Waals surface area contributed by atoms with Crippen molar-refractivity contribution in [2.75, 3.05) is 0 Å². The first-order valence-electron chi connectivity index (χ1n) is 7.46. The van der Waals surface area contributed by atoms with Crippen molar-refractivity contribution in [2.45, 2.75) is 13.8 Å². The largest absolute Gasteiger partial charge is 0.478 e. The Labute approximate surface area is 139 Å². The number of carboxylic acids is 1. The van der Waals surface area contributed by atoms with Gasteiger partial charge in [0.05, 0.1) is 0 Å². The van der Waals surface area contributed by atoms with Crippen LogP contribution in [0.15, 0.2) is 54.6 Å². The van der Waals surface area contributed by atoms with Crippen LogP contribution in [0.5, 0.6) is 11.8 Å². The second-order valence-electron chi connectivity index (χ2n) is 5.39. The van der Waals surface area contributed by atoms with Gasteiger partial charge in [-0.15, -0.1) is 0 Å². The molecule has 0 radical (unpaired) electrons. The van der Waals surface area contributed by atoms with E-state index in [0.717, 1.165) is 17.0 Å². The molecular weight excluding hydrogens is 304 g/mol. The predicted molar refractivity (Wildman–Crippen MR) is 90.4 cm³/mol. The summed E-state index contributed by atoms with van der Waals surface area (Å²) >= 11 is 0. The van der Waals surface area contributed by atoms with Crippen LogP contribution in [0.25, 0.3) is 11.1 Å². The highest BCUT2D eigenvalue weighted by atomic mass is 16.5. The van der Waals surface area contributed by atoms with E-state index in [-0.39, 0.29) is 17.3 Å². The zero-order valence-corrected chi connectivity index (χ0v) is 13.4. The van der Waals surface area contributed by atoms with Crippen LogP contribution in [0, 0.1) is 13.8 Å². The summed E-state index contributed by atoms with van der Waals surface area (Å²) in [5, 5.41) is 9.67. The van der Waals surface area contributed by atoms with Gasteiger partial charge in [0.25, 0.3) is 0 Å². The lowest BCUT2D eigenvalue weighted by Gasteiger charge is -2.12. The molecule has 1 aromatic heterocycles. The Morgan fingerprint density at radius 2 is 1.62 bits per heavy atom. The first-order valence-corrected chi connectivity index (χ1v) is 7.46. The van der Waals surface area contributed by atoms with Gasteiger partial charge < -0.3 is 9.84 Å². The van der Waals surface area contributed by atoms with Crippen LogP contribution in [0.3, 0.4) is 0 Å². The number of nitrogens with zero attached hydrogens (tertiary/aromatic N) is 2. The third kappa shape index (κ3) is 3.25. The summed E-state index contributed by atoms with van der Waals surface area (Å²) in [6, 6.07) is 16.4. The molecule has 0 fully saturated rings. The fraction of sp³-hybridized carbons (Fsp3) is 0.105. The van der Waals surface area contributed by atoms with Gasteiger partial charge in [0.15, 0.2) is 0 Å². The Balaban J connectivity index is 2.10. The van der Waals surface area contributed by atoms with Crippen molar-refractivity contribution in [2.24, 2.45) is 0 Å². The molecule has 120 valence electrons. The van der Waals surface area contributed by atoms with Gasteiger partial charge in [0.2, 0.25) is 0 Å². The van der Waals surface area contributed by atoms with Gasteiger partial charge in [-0.2, -0.15) is 0 Å². The maximum absolute atomic E-state index is 11.8. The fourth-order valence-electron chi connectivity index (χ4n) is 2.53. The predicted octanol–water partition coefficient (Wildman–Crippen LogP) is 4.25. The zero-order chi connectivity index (χ0) is 17.1. The molecule has 5 nitrogen and oxygen atoms in total. The number of ether oxygens (including phenoxy) is 1. The average Bonchev–Trinajstić information content (AvgIpc) is 2.54. The van der Waals surface area contributed by atoms with E-state index in [2.05, 4.69) is 9.97 Å². The number of aryl methyl sites for hydroxylation is 2. The number of aromatic nitrogens is 2. The first kappa shape index (κ1) is 15.7. The molecule has 1 heterocycles. The van der Waals surface area contributed by atoms with Crippen LogP contribution in [-0.2, 0) is 0 Å². The summed E-state index contributed by atoms with van der Waals surface area (Å²) in [5.74, 6) is -0.845. The second kappa shape index (κ2) is 6.50. The highest BCUT2D eigenvalue weighted by molar-refractivity contribution is 5.99. The molecule has 1 N–H and O–H groups in total. The summed E-state index contributed by atoms with van der Waals surface area (Å²) in [4.78, 5) is 20.2. The van der Waals surface area contributed by atoms with E-state index in [1.807, 2.05) is 50.2 Å². The van der Waals surface area contributed by atoms with Gasteiger partial charge >= 0.3 is 12.0 Å². The Morgan fingerprint density at radius 1 is 0.958 bits per heavy atom. The topological polar surface area (TPSA) is 72.3 Å². The van der Waals surface area contributed by atoms with Crippen LogP contribution in [-0.4, -0.2) is 21.0 Å². The summed E-state index contributed by atoms with van der Waals surface area (Å²) in [6.45, 7) is 3.67. The molecule has 24 heavy (non-hydrogen) atoms. The first-order chi connectivity index (χ1) is 11.5. The molecule has 0 saturated heterocycles. The molecule has 3 aromatic rings. The van der Waals surface area contributed by atoms with Gasteiger partial charge in [-0.1, -0.05) is 42.5 Å². The van der Waals surface area contributed by atoms with E-state index in [1.165, 1.54) is 0 Å². The van der Waals surface area contributed by atoms with Crippen molar-refractivity contribution in [3.05, 3.63) is 71.5 Å². The van der Waals surface area contributed by atoms with Crippen molar-refractivity contribution >= 4 is 5.97 Å². The molecule has 0 aliphatic carbocycles. The zero-order valence-electron chi connectivity index (χ0n) is 13.4. The summed E-state index contributed by atoms with van der Waals surface area (Å²) in [5.41, 5.74) is 3.00. The minimum atomic E-state index is -1.06. The smallest absolute Gasteiger partial charge is 0.340 e. The normalized spacial score (nSPS) is 10.4. The van der Waals surface area contributed by atoms with E-state index in [4.69, 9.17) is 4.74 Å². The molecule has 5 heteroatoms. The van der Waals surface area contributed by atoms with Gasteiger partial charge in [0, 0.05) is 11.4 Å². The molecule has 0 atom stereocenters. The average molecular weight is 320 g/mol. The van der Waals surface area contributed by atoms with Gasteiger partial charge in [0.1, 0.15) is 11.3 Å². The minimum Gasteiger partial charge on any atom is -0.478 e. The van der Waals surface area contributed by atoms with Crippen LogP contribution >= 0.6 is 0 Å². The molecule has 0 amide bonds. The molecule has 0 saturated carbocycles. The summed E-state index contributed by atoms with van der Waals surface area (Å²) in [6.07, 6.45) is 0. The van der Waals surface area contributed by atoms with Crippen LogP contribution < -0.4 is 4.74 Å². The summed E-state index contributed by atoms with van der Waals surface area (Å²) < 4.78 is 5.69. The Morgan fingerprint density at radius 3 is 2.25 bits per heavy atom. The van der Waals surface area contributed by atoms with Crippen molar-refractivity contribution in [3.63, 3.8) is 0 Å². The van der Waals surface area contributed by atoms with Gasteiger partial charge in [-0.05, 0) is 37.1 Å². The summed E-state index contributed by atoms with van der Waals surface area (Å²) in [7, 11) is 0. The highest BCUT2D eigenvalue weighted by Gasteiger charge is 2.19. The van der Waals surface area contributed by atoms with E-state index >= 15 is 0 Å². The second-order valence-corrected chi connectivity index (χ2v) is 5.39. The molecule has 0 aliphatic rings. The number of aromatic carboxylic acids is 1. The Hall–Kier alpha value is -3.21. The lowest BCUT2D eigenvalue weighted by molar-refractivity contribution is 0.0695. The molecule has 0 aliphatic heterocycles. The fourth-order valence-corrected chi connectivity index (χ4v) is 2.53. The highest BCUT2D eigenvalue weighted by Crippen LogP contribution is 2.32. The van der Waals surface area contributed by atoms with E-state index in [9.17, 15) is 9.90 Å². The number of carboxylic acid groups (broad SMARTS) is 1. The standard InChI is InChI=1S/C19H16N2O3/c1-12-11-13(2)21-19(20-12)24-16-10-6-9-15(17(16)18(22)23)14-7-4-3-5-8-14/h3-11H,1-2H3,(H,22,23). The number of hydrogen-bond acceptors (Lipinski definition) is 4. The third-order valence-electron chi connectivity index (χ3n) is 3.49. The van der Waals surface area contributed by atoms with Crippen molar-refractivity contribution in [1.82, 2.24) is 9.97 Å². The van der Waals surface area contributed by atoms with E-state index in [1.54, 1.807) is 18.2 Å². The third-order valence-corrected chi connectivity index (χ3v) is 3.49. The number of rotatable bonds is 4. The molecule has 0 bridgehead atoms. The number of benzene rings is 2. The lowest BCUT2D eigenvalue weighted by Crippen LogP contribution is -2.04. The number of carbonyl (C=O) groups is 1. The quantitative estimate of drug-likeness (QED) is 0.778. The SMILES string of the molecule is Cc1cc(C)nc(Oc2cccc(-c3ccccc3)c2C(=O)O)n1. The van der Waals surface area contributed by atoms with E-state index in [0.29, 0.717) is 5.56 Å². The molecule has 2 aromatic carbocycles.